The fourth-order valence-corrected chi connectivity index (χ4v) is 2.04. The molecule has 126 valence electrons. The summed E-state index contributed by atoms with van der Waals surface area (Å²) in [6, 6.07) is 16.1. The molecule has 0 spiro atoms. The zero-order valence-corrected chi connectivity index (χ0v) is 13.5. The molecular formula is C19H20O5. The van der Waals surface area contributed by atoms with Crippen LogP contribution in [0, 0.1) is 0 Å². The van der Waals surface area contributed by atoms with Gasteiger partial charge in [0.05, 0.1) is 25.9 Å². The molecule has 2 aromatic rings. The van der Waals surface area contributed by atoms with Crippen molar-refractivity contribution < 1.29 is 23.8 Å². The first-order valence-corrected chi connectivity index (χ1v) is 7.65. The van der Waals surface area contributed by atoms with Crippen LogP contribution in [0.15, 0.2) is 54.6 Å². The molecule has 0 N–H and O–H groups in total. The lowest BCUT2D eigenvalue weighted by Crippen LogP contribution is -2.18. The van der Waals surface area contributed by atoms with Gasteiger partial charge in [0.2, 0.25) is 0 Å². The fourth-order valence-electron chi connectivity index (χ4n) is 2.04. The van der Waals surface area contributed by atoms with E-state index in [-0.39, 0.29) is 6.61 Å². The molecule has 0 saturated heterocycles. The molecule has 0 heterocycles. The zero-order valence-electron chi connectivity index (χ0n) is 13.5. The lowest BCUT2D eigenvalue weighted by atomic mass is 10.2. The molecule has 0 aromatic heterocycles. The van der Waals surface area contributed by atoms with E-state index in [0.29, 0.717) is 18.6 Å². The standard InChI is InChI=1S/C19H20O5/c1-22-17-9-7-15(8-10-17)14-24-18(13-20)11-12-23-19(21)16-5-3-2-4-6-16/h2-10,13,18H,11-12,14H2,1H3/t18-/m0/s1. The van der Waals surface area contributed by atoms with Gasteiger partial charge >= 0.3 is 5.97 Å². The van der Waals surface area contributed by atoms with Gasteiger partial charge in [-0.05, 0) is 29.8 Å². The highest BCUT2D eigenvalue weighted by Gasteiger charge is 2.11. The van der Waals surface area contributed by atoms with Crippen LogP contribution in [0.5, 0.6) is 5.75 Å². The van der Waals surface area contributed by atoms with Crippen molar-refractivity contribution in [3.05, 3.63) is 65.7 Å². The summed E-state index contributed by atoms with van der Waals surface area (Å²) in [4.78, 5) is 22.9. The summed E-state index contributed by atoms with van der Waals surface area (Å²) >= 11 is 0. The van der Waals surface area contributed by atoms with E-state index in [0.717, 1.165) is 17.6 Å². The number of hydrogen-bond acceptors (Lipinski definition) is 5. The third-order valence-electron chi connectivity index (χ3n) is 3.42. The van der Waals surface area contributed by atoms with Gasteiger partial charge in [0, 0.05) is 6.42 Å². The minimum atomic E-state index is -0.615. The Labute approximate surface area is 141 Å². The van der Waals surface area contributed by atoms with Crippen molar-refractivity contribution in [2.45, 2.75) is 19.1 Å². The summed E-state index contributed by atoms with van der Waals surface area (Å²) < 4.78 is 15.8. The largest absolute Gasteiger partial charge is 0.497 e. The molecule has 0 fully saturated rings. The average molecular weight is 328 g/mol. The molecular weight excluding hydrogens is 308 g/mol. The van der Waals surface area contributed by atoms with Gasteiger partial charge in [0.25, 0.3) is 0 Å². The number of esters is 1. The second-order valence-electron chi connectivity index (χ2n) is 5.12. The van der Waals surface area contributed by atoms with Gasteiger partial charge in [-0.3, -0.25) is 0 Å². The monoisotopic (exact) mass is 328 g/mol. The Kier molecular flexibility index (Phi) is 6.98. The minimum absolute atomic E-state index is 0.125. The van der Waals surface area contributed by atoms with E-state index in [9.17, 15) is 9.59 Å². The van der Waals surface area contributed by atoms with Crippen LogP contribution in [0.25, 0.3) is 0 Å². The highest BCUT2D eigenvalue weighted by atomic mass is 16.5. The molecule has 0 unspecified atom stereocenters. The number of carbonyl (C=O) groups excluding carboxylic acids is 2. The van der Waals surface area contributed by atoms with Crippen molar-refractivity contribution in [2.75, 3.05) is 13.7 Å². The maximum atomic E-state index is 11.8. The molecule has 0 bridgehead atoms. The van der Waals surface area contributed by atoms with Crippen LogP contribution in [0.4, 0.5) is 0 Å². The van der Waals surface area contributed by atoms with E-state index in [4.69, 9.17) is 14.2 Å². The topological polar surface area (TPSA) is 61.8 Å². The van der Waals surface area contributed by atoms with Gasteiger partial charge in [-0.2, -0.15) is 0 Å². The van der Waals surface area contributed by atoms with E-state index < -0.39 is 12.1 Å². The van der Waals surface area contributed by atoms with Crippen molar-refractivity contribution in [2.24, 2.45) is 0 Å². The first kappa shape index (κ1) is 17.7. The average Bonchev–Trinajstić information content (AvgIpc) is 2.65. The van der Waals surface area contributed by atoms with Crippen molar-refractivity contribution in [1.29, 1.82) is 0 Å². The van der Waals surface area contributed by atoms with E-state index in [1.54, 1.807) is 31.4 Å². The Morgan fingerprint density at radius 2 is 1.79 bits per heavy atom. The summed E-state index contributed by atoms with van der Waals surface area (Å²) in [5.41, 5.74) is 1.42. The molecule has 0 aliphatic heterocycles. The molecule has 5 heteroatoms. The van der Waals surface area contributed by atoms with E-state index in [1.807, 2.05) is 30.3 Å². The molecule has 5 nitrogen and oxygen atoms in total. The first-order chi connectivity index (χ1) is 11.7. The fraction of sp³-hybridized carbons (Fsp3) is 0.263. The van der Waals surface area contributed by atoms with Crippen molar-refractivity contribution >= 4 is 12.3 Å². The Morgan fingerprint density at radius 3 is 2.42 bits per heavy atom. The maximum absolute atomic E-state index is 11.8. The highest BCUT2D eigenvalue weighted by Crippen LogP contribution is 2.13. The van der Waals surface area contributed by atoms with Gasteiger partial charge in [0.15, 0.2) is 0 Å². The molecule has 2 aromatic carbocycles. The normalized spacial score (nSPS) is 11.5. The number of carbonyl (C=O) groups is 2. The summed E-state index contributed by atoms with van der Waals surface area (Å²) in [5.74, 6) is 0.355. The quantitative estimate of drug-likeness (QED) is 0.523. The maximum Gasteiger partial charge on any atom is 0.338 e. The van der Waals surface area contributed by atoms with Crippen molar-refractivity contribution in [1.82, 2.24) is 0 Å². The molecule has 0 radical (unpaired) electrons. The molecule has 0 amide bonds. The number of methoxy groups -OCH3 is 1. The second-order valence-corrected chi connectivity index (χ2v) is 5.12. The SMILES string of the molecule is COc1ccc(CO[C@H](C=O)CCOC(=O)c2ccccc2)cc1. The van der Waals surface area contributed by atoms with Crippen LogP contribution in [0.2, 0.25) is 0 Å². The number of benzene rings is 2. The lowest BCUT2D eigenvalue weighted by molar-refractivity contribution is -0.119. The van der Waals surface area contributed by atoms with Crippen molar-refractivity contribution in [3.8, 4) is 5.75 Å². The number of ether oxygens (including phenoxy) is 3. The Hall–Kier alpha value is -2.66. The number of hydrogen-bond donors (Lipinski definition) is 0. The van der Waals surface area contributed by atoms with Gasteiger partial charge in [-0.1, -0.05) is 30.3 Å². The second kappa shape index (κ2) is 9.47. The van der Waals surface area contributed by atoms with Gasteiger partial charge < -0.3 is 19.0 Å². The third-order valence-corrected chi connectivity index (χ3v) is 3.42. The third kappa shape index (κ3) is 5.52. The van der Waals surface area contributed by atoms with Crippen LogP contribution < -0.4 is 4.74 Å². The summed E-state index contributed by atoms with van der Waals surface area (Å²) in [7, 11) is 1.60. The van der Waals surface area contributed by atoms with E-state index >= 15 is 0 Å². The molecule has 0 aliphatic rings. The lowest BCUT2D eigenvalue weighted by Gasteiger charge is -2.12. The predicted molar refractivity (Wildman–Crippen MR) is 89.0 cm³/mol. The van der Waals surface area contributed by atoms with E-state index in [1.165, 1.54) is 0 Å². The smallest absolute Gasteiger partial charge is 0.338 e. The first-order valence-electron chi connectivity index (χ1n) is 7.65. The number of rotatable bonds is 9. The molecule has 1 atom stereocenters. The van der Waals surface area contributed by atoms with Gasteiger partial charge in [-0.25, -0.2) is 4.79 Å². The zero-order chi connectivity index (χ0) is 17.2. The summed E-state index contributed by atoms with van der Waals surface area (Å²) in [6.45, 7) is 0.430. The molecule has 0 saturated carbocycles. The van der Waals surface area contributed by atoms with Gasteiger partial charge in [0.1, 0.15) is 18.1 Å². The van der Waals surface area contributed by atoms with Crippen molar-refractivity contribution in [3.63, 3.8) is 0 Å². The Balaban J connectivity index is 1.73. The summed E-state index contributed by atoms with van der Waals surface area (Å²) in [6.07, 6.45) is 0.425. The minimum Gasteiger partial charge on any atom is -0.497 e. The van der Waals surface area contributed by atoms with Crippen LogP contribution in [0.3, 0.4) is 0 Å². The van der Waals surface area contributed by atoms with Gasteiger partial charge in [-0.15, -0.1) is 0 Å². The van der Waals surface area contributed by atoms with E-state index in [2.05, 4.69) is 0 Å². The highest BCUT2D eigenvalue weighted by molar-refractivity contribution is 5.89. The predicted octanol–water partition coefficient (Wildman–Crippen LogP) is 3.03. The molecule has 0 aliphatic carbocycles. The molecule has 2 rings (SSSR count). The van der Waals surface area contributed by atoms with Crippen LogP contribution in [-0.4, -0.2) is 32.1 Å². The van der Waals surface area contributed by atoms with Crippen LogP contribution >= 0.6 is 0 Å². The van der Waals surface area contributed by atoms with Crippen LogP contribution in [-0.2, 0) is 20.9 Å². The molecule has 24 heavy (non-hydrogen) atoms. The Morgan fingerprint density at radius 1 is 1.08 bits per heavy atom. The number of aldehydes is 1. The Bertz CT molecular complexity index is 637. The van der Waals surface area contributed by atoms with Crippen LogP contribution in [0.1, 0.15) is 22.3 Å². The summed E-state index contributed by atoms with van der Waals surface area (Å²) in [5, 5.41) is 0.